The van der Waals surface area contributed by atoms with Crippen molar-refractivity contribution in [3.63, 3.8) is 0 Å². The Kier molecular flexibility index (Phi) is 1.47. The summed E-state index contributed by atoms with van der Waals surface area (Å²) in [6.45, 7) is 0. The van der Waals surface area contributed by atoms with Crippen molar-refractivity contribution >= 4 is 11.3 Å². The number of hydrogen-bond donors (Lipinski definition) is 0. The van der Waals surface area contributed by atoms with Gasteiger partial charge in [0.25, 0.3) is 0 Å². The van der Waals surface area contributed by atoms with E-state index in [9.17, 15) is 4.79 Å². The molecule has 2 rings (SSSR count). The summed E-state index contributed by atoms with van der Waals surface area (Å²) < 4.78 is 0. The summed E-state index contributed by atoms with van der Waals surface area (Å²) in [6, 6.07) is 9.10. The summed E-state index contributed by atoms with van der Waals surface area (Å²) in [5.41, 5.74) is 1.22. The lowest BCUT2D eigenvalue weighted by Crippen LogP contribution is -1.95. The lowest BCUT2D eigenvalue weighted by atomic mass is 10.2. The smallest absolute Gasteiger partial charge is 0.180 e. The first kappa shape index (κ1) is 6.55. The SMILES string of the molecule is O=c1ccc2cccsc-2c1. The number of benzene rings is 1. The summed E-state index contributed by atoms with van der Waals surface area (Å²) in [5.74, 6) is 0. The van der Waals surface area contributed by atoms with Crippen molar-refractivity contribution in [3.8, 4) is 10.4 Å². The predicted molar refractivity (Wildman–Crippen MR) is 47.2 cm³/mol. The molecule has 0 unspecified atom stereocenters. The maximum absolute atomic E-state index is 10.9. The molecule has 0 atom stereocenters. The molecule has 0 aromatic rings. The highest BCUT2D eigenvalue weighted by atomic mass is 32.1. The standard InChI is InChI=1S/C9H6OS/c10-8-4-3-7-2-1-5-11-9(7)6-8/h1-6H. The van der Waals surface area contributed by atoms with Gasteiger partial charge in [-0.3, -0.25) is 4.79 Å². The monoisotopic (exact) mass is 162 g/mol. The van der Waals surface area contributed by atoms with E-state index in [-0.39, 0.29) is 5.43 Å². The van der Waals surface area contributed by atoms with Crippen LogP contribution in [-0.2, 0) is 0 Å². The van der Waals surface area contributed by atoms with Crippen LogP contribution in [0, 0.1) is 0 Å². The fourth-order valence-corrected chi connectivity index (χ4v) is 1.77. The number of hydrogen-bond acceptors (Lipinski definition) is 2. The summed E-state index contributed by atoms with van der Waals surface area (Å²) in [6.07, 6.45) is 0. The highest BCUT2D eigenvalue weighted by molar-refractivity contribution is 7.13. The van der Waals surface area contributed by atoms with Crippen molar-refractivity contribution in [1.29, 1.82) is 0 Å². The molecule has 1 aliphatic carbocycles. The first-order valence-corrected chi connectivity index (χ1v) is 4.22. The molecule has 0 saturated heterocycles. The van der Waals surface area contributed by atoms with E-state index >= 15 is 0 Å². The normalized spacial score (nSPS) is 10.2. The van der Waals surface area contributed by atoms with Crippen LogP contribution < -0.4 is 5.43 Å². The minimum absolute atomic E-state index is 0.0833. The van der Waals surface area contributed by atoms with Crippen molar-refractivity contribution in [1.82, 2.24) is 0 Å². The van der Waals surface area contributed by atoms with Crippen molar-refractivity contribution in [2.75, 3.05) is 0 Å². The van der Waals surface area contributed by atoms with Crippen LogP contribution in [0.5, 0.6) is 0 Å². The van der Waals surface area contributed by atoms with Crippen LogP contribution in [0.2, 0.25) is 0 Å². The van der Waals surface area contributed by atoms with Gasteiger partial charge < -0.3 is 0 Å². The van der Waals surface area contributed by atoms with Gasteiger partial charge in [-0.2, -0.15) is 0 Å². The summed E-state index contributed by atoms with van der Waals surface area (Å²) in [4.78, 5) is 11.9. The Morgan fingerprint density at radius 2 is 2.09 bits per heavy atom. The van der Waals surface area contributed by atoms with Crippen molar-refractivity contribution in [2.45, 2.75) is 0 Å². The lowest BCUT2D eigenvalue weighted by Gasteiger charge is -1.99. The van der Waals surface area contributed by atoms with Crippen LogP contribution in [-0.4, -0.2) is 0 Å². The fourth-order valence-electron chi connectivity index (χ4n) is 1.01. The third kappa shape index (κ3) is 1.17. The molecular weight excluding hydrogens is 156 g/mol. The molecule has 0 aromatic carbocycles. The van der Waals surface area contributed by atoms with Gasteiger partial charge in [-0.15, -0.1) is 11.3 Å². The highest BCUT2D eigenvalue weighted by Gasteiger charge is 1.98. The molecule has 1 aliphatic heterocycles. The average molecular weight is 162 g/mol. The zero-order valence-electron chi connectivity index (χ0n) is 5.78. The van der Waals surface area contributed by atoms with E-state index in [1.807, 2.05) is 23.6 Å². The third-order valence-electron chi connectivity index (χ3n) is 1.53. The summed E-state index contributed by atoms with van der Waals surface area (Å²) in [5, 5.41) is 1.97. The Morgan fingerprint density at radius 1 is 1.18 bits per heavy atom. The maximum Gasteiger partial charge on any atom is 0.180 e. The van der Waals surface area contributed by atoms with Crippen molar-refractivity contribution < 1.29 is 0 Å². The average Bonchev–Trinajstić information content (AvgIpc) is 2.04. The first-order chi connectivity index (χ1) is 5.36. The molecule has 0 aromatic heterocycles. The zero-order chi connectivity index (χ0) is 7.68. The number of fused-ring (bicyclic) bond motifs is 1. The van der Waals surface area contributed by atoms with E-state index in [0.717, 1.165) is 10.4 Å². The molecule has 2 aliphatic rings. The van der Waals surface area contributed by atoms with Gasteiger partial charge in [0.05, 0.1) is 0 Å². The van der Waals surface area contributed by atoms with Gasteiger partial charge in [0.15, 0.2) is 5.43 Å². The van der Waals surface area contributed by atoms with Crippen molar-refractivity contribution in [2.24, 2.45) is 0 Å². The predicted octanol–water partition coefficient (Wildman–Crippen LogP) is 2.21. The minimum atomic E-state index is 0.0833. The van der Waals surface area contributed by atoms with E-state index in [1.54, 1.807) is 23.5 Å². The Morgan fingerprint density at radius 3 is 3.00 bits per heavy atom. The molecular formula is C9H6OS. The molecule has 54 valence electrons. The van der Waals surface area contributed by atoms with E-state index < -0.39 is 0 Å². The molecule has 0 N–H and O–H groups in total. The van der Waals surface area contributed by atoms with Crippen LogP contribution in [0.3, 0.4) is 0 Å². The number of rotatable bonds is 0. The molecule has 0 radical (unpaired) electrons. The lowest BCUT2D eigenvalue weighted by molar-refractivity contribution is 1.59. The molecule has 0 amide bonds. The van der Waals surface area contributed by atoms with Crippen LogP contribution in [0.15, 0.2) is 40.5 Å². The Hall–Kier alpha value is -1.15. The molecule has 0 spiro atoms. The van der Waals surface area contributed by atoms with Gasteiger partial charge >= 0.3 is 0 Å². The second-order valence-electron chi connectivity index (χ2n) is 2.31. The van der Waals surface area contributed by atoms with Gasteiger partial charge in [-0.05, 0) is 23.1 Å². The van der Waals surface area contributed by atoms with Crippen LogP contribution in [0.1, 0.15) is 0 Å². The molecule has 1 heterocycles. The van der Waals surface area contributed by atoms with Gasteiger partial charge in [0, 0.05) is 10.9 Å². The van der Waals surface area contributed by atoms with Crippen LogP contribution in [0.4, 0.5) is 0 Å². The second-order valence-corrected chi connectivity index (χ2v) is 3.26. The second kappa shape index (κ2) is 2.47. The Labute approximate surface area is 68.3 Å². The van der Waals surface area contributed by atoms with E-state index in [4.69, 9.17) is 0 Å². The van der Waals surface area contributed by atoms with Gasteiger partial charge in [-0.25, -0.2) is 0 Å². The van der Waals surface area contributed by atoms with Crippen molar-refractivity contribution in [3.05, 3.63) is 45.9 Å². The molecule has 11 heavy (non-hydrogen) atoms. The van der Waals surface area contributed by atoms with Crippen LogP contribution in [0.25, 0.3) is 10.4 Å². The minimum Gasteiger partial charge on any atom is -0.290 e. The molecule has 1 nitrogen and oxygen atoms in total. The Balaban J connectivity index is 2.84. The molecule has 0 fully saturated rings. The van der Waals surface area contributed by atoms with E-state index in [0.29, 0.717) is 0 Å². The molecule has 0 saturated carbocycles. The third-order valence-corrected chi connectivity index (χ3v) is 2.44. The summed E-state index contributed by atoms with van der Waals surface area (Å²) >= 11 is 1.59. The van der Waals surface area contributed by atoms with Gasteiger partial charge in [-0.1, -0.05) is 12.1 Å². The quantitative estimate of drug-likeness (QED) is 0.580. The van der Waals surface area contributed by atoms with Gasteiger partial charge in [0.1, 0.15) is 0 Å². The van der Waals surface area contributed by atoms with E-state index in [1.165, 1.54) is 0 Å². The largest absolute Gasteiger partial charge is 0.290 e. The summed E-state index contributed by atoms with van der Waals surface area (Å²) in [7, 11) is 0. The molecule has 0 bridgehead atoms. The fraction of sp³-hybridized carbons (Fsp3) is 0. The highest BCUT2D eigenvalue weighted by Crippen LogP contribution is 2.22. The van der Waals surface area contributed by atoms with Crippen LogP contribution >= 0.6 is 11.3 Å². The van der Waals surface area contributed by atoms with E-state index in [2.05, 4.69) is 0 Å². The Bertz CT molecular complexity index is 391. The topological polar surface area (TPSA) is 17.1 Å². The first-order valence-electron chi connectivity index (χ1n) is 3.34. The van der Waals surface area contributed by atoms with Gasteiger partial charge in [0.2, 0.25) is 0 Å². The molecule has 2 heteroatoms. The maximum atomic E-state index is 10.9. The zero-order valence-corrected chi connectivity index (χ0v) is 6.60.